The molecule has 0 aliphatic carbocycles. The van der Waals surface area contributed by atoms with Gasteiger partial charge in [0.15, 0.2) is 0 Å². The summed E-state index contributed by atoms with van der Waals surface area (Å²) in [6.07, 6.45) is 0. The number of carbonyl (C=O) groups is 9. The summed E-state index contributed by atoms with van der Waals surface area (Å²) < 4.78 is 3.99. The molecule has 0 saturated carbocycles. The zero-order valence-electron chi connectivity index (χ0n) is 13.8. The third kappa shape index (κ3) is 1.48. The van der Waals surface area contributed by atoms with Crippen molar-refractivity contribution in [3.63, 3.8) is 0 Å². The molecule has 4 rings (SSSR count). The molecule has 0 unspecified atom stereocenters. The van der Waals surface area contributed by atoms with E-state index in [1.165, 1.54) is 0 Å². The van der Waals surface area contributed by atoms with E-state index in [1.54, 1.807) is 0 Å². The Morgan fingerprint density at radius 1 is 0.750 bits per heavy atom. The number of rotatable bonds is 4. The van der Waals surface area contributed by atoms with Gasteiger partial charge >= 0.3 is 17.4 Å². The van der Waals surface area contributed by atoms with Gasteiger partial charge in [-0.2, -0.15) is 0 Å². The summed E-state index contributed by atoms with van der Waals surface area (Å²) in [6.45, 7) is -0.348. The SMILES string of the molecule is CC(=O)NCN1C(=O)C2(C1=O)C(=O)N(CN1C(=O)C3(C(=O)OC3=O)C1=O)C2=O. The second kappa shape index (κ2) is 4.85. The number of nitrogens with zero attached hydrogens (tertiary/aromatic N) is 3. The maximum absolute atomic E-state index is 12.3. The lowest BCUT2D eigenvalue weighted by molar-refractivity contribution is -0.215. The Labute approximate surface area is 153 Å². The van der Waals surface area contributed by atoms with E-state index >= 15 is 0 Å². The minimum atomic E-state index is -2.58. The molecule has 4 heterocycles. The molecule has 0 aromatic heterocycles. The number of esters is 2. The Balaban J connectivity index is 1.46. The van der Waals surface area contributed by atoms with Crippen molar-refractivity contribution in [2.75, 3.05) is 13.3 Å². The van der Waals surface area contributed by atoms with E-state index in [9.17, 15) is 43.2 Å². The highest BCUT2D eigenvalue weighted by Gasteiger charge is 2.83. The summed E-state index contributed by atoms with van der Waals surface area (Å²) in [5.74, 6) is -10.6. The molecule has 4 aliphatic rings. The maximum Gasteiger partial charge on any atom is 0.351 e. The van der Waals surface area contributed by atoms with Crippen LogP contribution in [-0.2, 0) is 47.9 Å². The minimum Gasteiger partial charge on any atom is -0.390 e. The third-order valence-electron chi connectivity index (χ3n) is 4.96. The van der Waals surface area contributed by atoms with Crippen molar-refractivity contribution in [1.82, 2.24) is 20.0 Å². The van der Waals surface area contributed by atoms with Gasteiger partial charge in [-0.05, 0) is 0 Å². The molecular weight excluding hydrogens is 384 g/mol. The topological polar surface area (TPSA) is 185 Å². The maximum atomic E-state index is 12.3. The first-order valence-electron chi connectivity index (χ1n) is 7.64. The van der Waals surface area contributed by atoms with Crippen LogP contribution in [0, 0.1) is 10.8 Å². The Morgan fingerprint density at radius 3 is 1.54 bits per heavy atom. The second-order valence-electron chi connectivity index (χ2n) is 6.32. The van der Waals surface area contributed by atoms with Crippen LogP contribution >= 0.6 is 0 Å². The highest BCUT2D eigenvalue weighted by Crippen LogP contribution is 2.47. The van der Waals surface area contributed by atoms with Crippen LogP contribution in [0.2, 0.25) is 0 Å². The molecule has 0 aromatic rings. The number of ether oxygens (including phenoxy) is 1. The Hall–Kier alpha value is -3.97. The van der Waals surface area contributed by atoms with Crippen LogP contribution < -0.4 is 5.32 Å². The van der Waals surface area contributed by atoms with E-state index in [1.807, 2.05) is 0 Å². The number of hydrogen-bond acceptors (Lipinski definition) is 10. The average molecular weight is 392 g/mol. The van der Waals surface area contributed by atoms with Crippen LogP contribution in [0.1, 0.15) is 6.92 Å². The van der Waals surface area contributed by atoms with E-state index in [-0.39, 0.29) is 0 Å². The molecule has 14 nitrogen and oxygen atoms in total. The highest BCUT2D eigenvalue weighted by atomic mass is 16.6. The first kappa shape index (κ1) is 17.4. The van der Waals surface area contributed by atoms with E-state index in [0.29, 0.717) is 14.7 Å². The molecular formula is C14H8N4O10. The van der Waals surface area contributed by atoms with E-state index in [4.69, 9.17) is 0 Å². The molecule has 0 bridgehead atoms. The fraction of sp³-hybridized carbons (Fsp3) is 0.357. The number of β-lactam (4-membered cyclic amide) rings is 6. The van der Waals surface area contributed by atoms with Gasteiger partial charge in [0.2, 0.25) is 5.91 Å². The fourth-order valence-corrected chi connectivity index (χ4v) is 3.33. The van der Waals surface area contributed by atoms with Gasteiger partial charge in [-0.15, -0.1) is 0 Å². The zero-order valence-corrected chi connectivity index (χ0v) is 13.8. The van der Waals surface area contributed by atoms with Crippen LogP contribution in [-0.4, -0.2) is 81.3 Å². The van der Waals surface area contributed by atoms with Crippen LogP contribution in [0.25, 0.3) is 0 Å². The van der Waals surface area contributed by atoms with Gasteiger partial charge in [0.05, 0.1) is 0 Å². The molecule has 0 radical (unpaired) electrons. The van der Waals surface area contributed by atoms with E-state index in [2.05, 4.69) is 10.1 Å². The first-order chi connectivity index (χ1) is 13.0. The van der Waals surface area contributed by atoms with Crippen molar-refractivity contribution in [2.24, 2.45) is 10.8 Å². The van der Waals surface area contributed by atoms with E-state index in [0.717, 1.165) is 6.92 Å². The standard InChI is InChI=1S/C14H8N4O10/c1-4(19)15-2-16-5(20)13(6(16)21)7(22)17(8(13)23)3-18-9(24)14(10(18)25)11(26)28-12(14)27/h2-3H2,1H3,(H,15,19). The molecule has 0 atom stereocenters. The number of imide groups is 3. The highest BCUT2D eigenvalue weighted by molar-refractivity contribution is 6.53. The largest absolute Gasteiger partial charge is 0.390 e. The van der Waals surface area contributed by atoms with Gasteiger partial charge in [0, 0.05) is 6.92 Å². The lowest BCUT2D eigenvalue weighted by Crippen LogP contribution is -2.87. The minimum absolute atomic E-state index is 0.295. The van der Waals surface area contributed by atoms with Gasteiger partial charge in [0.25, 0.3) is 40.9 Å². The van der Waals surface area contributed by atoms with Crippen LogP contribution in [0.3, 0.4) is 0 Å². The Kier molecular flexibility index (Phi) is 3.02. The fourth-order valence-electron chi connectivity index (χ4n) is 3.33. The molecule has 0 aromatic carbocycles. The lowest BCUT2D eigenvalue weighted by Gasteiger charge is -2.54. The number of carbonyl (C=O) groups excluding carboxylic acids is 9. The average Bonchev–Trinajstić information content (AvgIpc) is 2.62. The predicted octanol–water partition coefficient (Wildman–Crippen LogP) is -4.80. The third-order valence-corrected chi connectivity index (χ3v) is 4.96. The van der Waals surface area contributed by atoms with Crippen molar-refractivity contribution in [3.8, 4) is 0 Å². The monoisotopic (exact) mass is 392 g/mol. The van der Waals surface area contributed by atoms with Crippen molar-refractivity contribution in [2.45, 2.75) is 6.92 Å². The molecule has 144 valence electrons. The summed E-state index contributed by atoms with van der Waals surface area (Å²) >= 11 is 0. The van der Waals surface area contributed by atoms with Gasteiger partial charge in [-0.1, -0.05) is 0 Å². The summed E-state index contributed by atoms with van der Waals surface area (Å²) in [7, 11) is 0. The number of hydrogen-bond donors (Lipinski definition) is 1. The van der Waals surface area contributed by atoms with Crippen LogP contribution in [0.5, 0.6) is 0 Å². The van der Waals surface area contributed by atoms with Gasteiger partial charge in [-0.25, -0.2) is 9.59 Å². The van der Waals surface area contributed by atoms with Crippen molar-refractivity contribution in [3.05, 3.63) is 0 Å². The zero-order chi connectivity index (χ0) is 20.8. The molecule has 14 heteroatoms. The van der Waals surface area contributed by atoms with Crippen LogP contribution in [0.4, 0.5) is 0 Å². The first-order valence-corrected chi connectivity index (χ1v) is 7.64. The van der Waals surface area contributed by atoms with Gasteiger partial charge in [0.1, 0.15) is 13.3 Å². The molecule has 4 aliphatic heterocycles. The normalized spacial score (nSPS) is 24.1. The number of nitrogens with one attached hydrogen (secondary N) is 1. The summed E-state index contributed by atoms with van der Waals surface area (Å²) in [5, 5.41) is 2.16. The Bertz CT molecular complexity index is 930. The quantitative estimate of drug-likeness (QED) is 0.276. The number of cyclic esters (lactones) is 2. The van der Waals surface area contributed by atoms with Crippen molar-refractivity contribution in [1.29, 1.82) is 0 Å². The number of likely N-dealkylation sites (tertiary alicyclic amines) is 3. The summed E-state index contributed by atoms with van der Waals surface area (Å²) in [5.41, 5.74) is -5.16. The van der Waals surface area contributed by atoms with Gasteiger partial charge in [-0.3, -0.25) is 48.3 Å². The summed E-state index contributed by atoms with van der Waals surface area (Å²) in [6, 6.07) is 0. The second-order valence-corrected chi connectivity index (χ2v) is 6.32. The van der Waals surface area contributed by atoms with Crippen molar-refractivity contribution >= 4 is 53.3 Å². The molecule has 4 fully saturated rings. The molecule has 2 spiro atoms. The van der Waals surface area contributed by atoms with Gasteiger partial charge < -0.3 is 10.1 Å². The van der Waals surface area contributed by atoms with Crippen molar-refractivity contribution < 1.29 is 47.9 Å². The van der Waals surface area contributed by atoms with Crippen LogP contribution in [0.15, 0.2) is 0 Å². The molecule has 4 saturated heterocycles. The number of amides is 7. The molecule has 7 amide bonds. The van der Waals surface area contributed by atoms with E-state index < -0.39 is 77.5 Å². The Morgan fingerprint density at radius 2 is 1.14 bits per heavy atom. The summed E-state index contributed by atoms with van der Waals surface area (Å²) in [4.78, 5) is 107. The predicted molar refractivity (Wildman–Crippen MR) is 75.1 cm³/mol. The smallest absolute Gasteiger partial charge is 0.351 e. The molecule has 1 N–H and O–H groups in total. The molecule has 28 heavy (non-hydrogen) atoms. The lowest BCUT2D eigenvalue weighted by atomic mass is 9.69.